The number of aromatic nitrogens is 1. The molecule has 1 aliphatic rings. The van der Waals surface area contributed by atoms with Crippen LogP contribution in [0, 0.1) is 12.8 Å². The van der Waals surface area contributed by atoms with Crippen molar-refractivity contribution in [2.45, 2.75) is 46.1 Å². The lowest BCUT2D eigenvalue weighted by Gasteiger charge is -2.33. The van der Waals surface area contributed by atoms with Gasteiger partial charge in [-0.15, -0.1) is 0 Å². The van der Waals surface area contributed by atoms with E-state index in [4.69, 9.17) is 9.26 Å². The van der Waals surface area contributed by atoms with Crippen LogP contribution in [0.2, 0.25) is 0 Å². The molecule has 0 bridgehead atoms. The Balaban J connectivity index is 2.17. The van der Waals surface area contributed by atoms with Crippen molar-refractivity contribution in [3.05, 3.63) is 23.7 Å². The highest BCUT2D eigenvalue weighted by molar-refractivity contribution is 6.21. The number of aryl methyl sites for hydroxylation is 1. The number of piperidine rings is 1. The average Bonchev–Trinajstić information content (AvgIpc) is 2.96. The van der Waals surface area contributed by atoms with Crippen molar-refractivity contribution in [3.63, 3.8) is 0 Å². The van der Waals surface area contributed by atoms with Gasteiger partial charge in [-0.2, -0.15) is 0 Å². The van der Waals surface area contributed by atoms with Crippen molar-refractivity contribution in [1.29, 1.82) is 0 Å². The Morgan fingerprint density at radius 1 is 1.38 bits per heavy atom. The lowest BCUT2D eigenvalue weighted by atomic mass is 9.89. The van der Waals surface area contributed by atoms with Gasteiger partial charge in [0.2, 0.25) is 0 Å². The molecular weight excluding hydrogens is 334 g/mol. The summed E-state index contributed by atoms with van der Waals surface area (Å²) in [6, 6.07) is 1.75. The molecule has 144 valence electrons. The summed E-state index contributed by atoms with van der Waals surface area (Å²) in [4.78, 5) is 28.9. The molecule has 1 saturated heterocycles. The van der Waals surface area contributed by atoms with Gasteiger partial charge >= 0.3 is 6.09 Å². The monoisotopic (exact) mass is 363 g/mol. The van der Waals surface area contributed by atoms with Crippen LogP contribution in [-0.4, -0.2) is 59.6 Å². The Kier molecular flexibility index (Phi) is 6.10. The van der Waals surface area contributed by atoms with Gasteiger partial charge in [0.1, 0.15) is 5.60 Å². The summed E-state index contributed by atoms with van der Waals surface area (Å²) in [6.07, 6.45) is 2.87. The van der Waals surface area contributed by atoms with Gasteiger partial charge in [0.15, 0.2) is 11.5 Å². The van der Waals surface area contributed by atoms with Crippen LogP contribution < -0.4 is 0 Å². The number of hydrogen-bond acceptors (Lipinski definition) is 6. The maximum Gasteiger partial charge on any atom is 0.410 e. The van der Waals surface area contributed by atoms with E-state index in [-0.39, 0.29) is 17.8 Å². The summed E-state index contributed by atoms with van der Waals surface area (Å²) in [6.45, 7) is 8.28. The largest absolute Gasteiger partial charge is 0.444 e. The number of Topliss-reactive ketones (excluding diaryl/α,β-unsaturated/α-hetero) is 1. The molecule has 7 nitrogen and oxygen atoms in total. The molecule has 2 heterocycles. The summed E-state index contributed by atoms with van der Waals surface area (Å²) in [5, 5.41) is 3.88. The molecule has 0 N–H and O–H groups in total. The van der Waals surface area contributed by atoms with Gasteiger partial charge in [-0.05, 0) is 40.5 Å². The fourth-order valence-corrected chi connectivity index (χ4v) is 2.90. The van der Waals surface area contributed by atoms with Crippen LogP contribution in [-0.2, 0) is 9.53 Å². The second kappa shape index (κ2) is 7.93. The number of likely N-dealkylation sites (tertiary alicyclic amines) is 1. The Bertz CT molecular complexity index is 685. The molecule has 0 spiro atoms. The maximum absolute atomic E-state index is 13.1. The SMILES string of the molecule is Cc1cc(C(=CN(C)C)C(=O)C2CCCN(C(=O)OC(C)(C)C)C2)on1. The number of ketones is 1. The lowest BCUT2D eigenvalue weighted by molar-refractivity contribution is -0.118. The molecule has 0 aliphatic carbocycles. The Morgan fingerprint density at radius 2 is 2.08 bits per heavy atom. The van der Waals surface area contributed by atoms with Crippen LogP contribution >= 0.6 is 0 Å². The molecule has 0 aromatic carbocycles. The van der Waals surface area contributed by atoms with E-state index < -0.39 is 5.60 Å². The molecule has 2 rings (SSSR count). The van der Waals surface area contributed by atoms with Crippen LogP contribution in [0.25, 0.3) is 5.57 Å². The highest BCUT2D eigenvalue weighted by atomic mass is 16.6. The summed E-state index contributed by atoms with van der Waals surface area (Å²) in [5.74, 6) is 0.131. The molecule has 1 aliphatic heterocycles. The van der Waals surface area contributed by atoms with Gasteiger partial charge in [-0.1, -0.05) is 5.16 Å². The van der Waals surface area contributed by atoms with Gasteiger partial charge in [0, 0.05) is 45.4 Å². The molecule has 1 fully saturated rings. The van der Waals surface area contributed by atoms with Crippen LogP contribution in [0.15, 0.2) is 16.8 Å². The Morgan fingerprint density at radius 3 is 2.62 bits per heavy atom. The zero-order valence-electron chi connectivity index (χ0n) is 16.5. The third-order valence-electron chi connectivity index (χ3n) is 3.99. The Labute approximate surface area is 154 Å². The first-order chi connectivity index (χ1) is 12.1. The van der Waals surface area contributed by atoms with Gasteiger partial charge in [0.25, 0.3) is 0 Å². The summed E-state index contributed by atoms with van der Waals surface area (Å²) in [7, 11) is 3.70. The molecule has 1 atom stereocenters. The standard InChI is InChI=1S/C19H29N3O4/c1-13-10-16(26-20-13)15(12-21(5)6)17(23)14-8-7-9-22(11-14)18(24)25-19(2,3)4/h10,12,14H,7-9,11H2,1-6H3. The minimum Gasteiger partial charge on any atom is -0.444 e. The lowest BCUT2D eigenvalue weighted by Crippen LogP contribution is -2.44. The van der Waals surface area contributed by atoms with Crippen LogP contribution in [0.5, 0.6) is 0 Å². The summed E-state index contributed by atoms with van der Waals surface area (Å²) in [5.41, 5.74) is 0.643. The number of rotatable bonds is 4. The van der Waals surface area contributed by atoms with E-state index >= 15 is 0 Å². The van der Waals surface area contributed by atoms with E-state index in [1.54, 1.807) is 22.1 Å². The molecule has 1 amide bonds. The number of carbonyl (C=O) groups excluding carboxylic acids is 2. The molecular formula is C19H29N3O4. The van der Waals surface area contributed by atoms with Gasteiger partial charge < -0.3 is 19.1 Å². The minimum atomic E-state index is -0.554. The molecule has 1 aromatic rings. The second-order valence-electron chi connectivity index (χ2n) is 7.97. The number of amides is 1. The zero-order chi connectivity index (χ0) is 19.5. The first kappa shape index (κ1) is 20.0. The van der Waals surface area contributed by atoms with Crippen molar-refractivity contribution in [1.82, 2.24) is 15.0 Å². The number of ether oxygens (including phenoxy) is 1. The second-order valence-corrected chi connectivity index (χ2v) is 7.97. The highest BCUT2D eigenvalue weighted by Crippen LogP contribution is 2.27. The number of nitrogens with zero attached hydrogens (tertiary/aromatic N) is 3. The molecule has 0 radical (unpaired) electrons. The van der Waals surface area contributed by atoms with Crippen molar-refractivity contribution in [2.24, 2.45) is 5.92 Å². The van der Waals surface area contributed by atoms with Crippen LogP contribution in [0.3, 0.4) is 0 Å². The predicted octanol–water partition coefficient (Wildman–Crippen LogP) is 3.10. The van der Waals surface area contributed by atoms with E-state index in [0.29, 0.717) is 24.4 Å². The maximum atomic E-state index is 13.1. The number of hydrogen-bond donors (Lipinski definition) is 0. The van der Waals surface area contributed by atoms with E-state index in [1.165, 1.54) is 0 Å². The molecule has 1 aromatic heterocycles. The van der Waals surface area contributed by atoms with E-state index in [1.807, 2.05) is 41.8 Å². The van der Waals surface area contributed by atoms with Crippen molar-refractivity contribution >= 4 is 17.4 Å². The van der Waals surface area contributed by atoms with Crippen LogP contribution in [0.1, 0.15) is 45.1 Å². The highest BCUT2D eigenvalue weighted by Gasteiger charge is 2.33. The number of allylic oxidation sites excluding steroid dienone is 1. The predicted molar refractivity (Wildman–Crippen MR) is 98.4 cm³/mol. The third kappa shape index (κ3) is 5.34. The van der Waals surface area contributed by atoms with Crippen molar-refractivity contribution in [3.8, 4) is 0 Å². The van der Waals surface area contributed by atoms with E-state index in [0.717, 1.165) is 18.5 Å². The summed E-state index contributed by atoms with van der Waals surface area (Å²) >= 11 is 0. The minimum absolute atomic E-state index is 0.0388. The Hall–Kier alpha value is -2.31. The van der Waals surface area contributed by atoms with E-state index in [9.17, 15) is 9.59 Å². The first-order valence-electron chi connectivity index (χ1n) is 8.91. The zero-order valence-corrected chi connectivity index (χ0v) is 16.5. The quantitative estimate of drug-likeness (QED) is 0.765. The van der Waals surface area contributed by atoms with Crippen LogP contribution in [0.4, 0.5) is 4.79 Å². The fourth-order valence-electron chi connectivity index (χ4n) is 2.90. The molecule has 0 saturated carbocycles. The number of carbonyl (C=O) groups is 2. The topological polar surface area (TPSA) is 75.9 Å². The molecule has 1 unspecified atom stereocenters. The normalized spacial score (nSPS) is 18.6. The first-order valence-corrected chi connectivity index (χ1v) is 8.91. The van der Waals surface area contributed by atoms with E-state index in [2.05, 4.69) is 5.16 Å². The van der Waals surface area contributed by atoms with Crippen molar-refractivity contribution < 1.29 is 18.8 Å². The fraction of sp³-hybridized carbons (Fsp3) is 0.632. The van der Waals surface area contributed by atoms with Gasteiger partial charge in [-0.3, -0.25) is 4.79 Å². The molecule has 7 heteroatoms. The smallest absolute Gasteiger partial charge is 0.410 e. The average molecular weight is 363 g/mol. The van der Waals surface area contributed by atoms with Crippen molar-refractivity contribution in [2.75, 3.05) is 27.2 Å². The summed E-state index contributed by atoms with van der Waals surface area (Å²) < 4.78 is 10.8. The third-order valence-corrected chi connectivity index (χ3v) is 3.99. The van der Waals surface area contributed by atoms with Gasteiger partial charge in [-0.25, -0.2) is 4.79 Å². The van der Waals surface area contributed by atoms with Gasteiger partial charge in [0.05, 0.1) is 11.3 Å². The molecule has 26 heavy (non-hydrogen) atoms.